The quantitative estimate of drug-likeness (QED) is 0.844. The smallest absolute Gasteiger partial charge is 0.266 e. The Labute approximate surface area is 145 Å². The number of aromatic hydroxyl groups is 1. The van der Waals surface area contributed by atoms with Crippen LogP contribution in [0, 0.1) is 0 Å². The Balaban J connectivity index is 1.97. The molecule has 1 saturated heterocycles. The van der Waals surface area contributed by atoms with Crippen molar-refractivity contribution < 1.29 is 9.90 Å². The highest BCUT2D eigenvalue weighted by Crippen LogP contribution is 2.35. The second-order valence-electron chi connectivity index (χ2n) is 5.70. The van der Waals surface area contributed by atoms with Gasteiger partial charge in [0.2, 0.25) is 0 Å². The summed E-state index contributed by atoms with van der Waals surface area (Å²) in [5.74, 6) is 0.117. The van der Waals surface area contributed by atoms with Crippen molar-refractivity contribution in [3.05, 3.63) is 65.1 Å². The lowest BCUT2D eigenvalue weighted by atomic mass is 10.2. The van der Waals surface area contributed by atoms with Crippen LogP contribution in [-0.2, 0) is 4.79 Å². The fourth-order valence-corrected chi connectivity index (χ4v) is 3.52. The summed E-state index contributed by atoms with van der Waals surface area (Å²) in [6.07, 6.45) is 1.79. The number of hydrogen-bond donors (Lipinski definition) is 1. The molecule has 1 amide bonds. The number of amides is 1. The molecule has 2 aromatic carbocycles. The summed E-state index contributed by atoms with van der Waals surface area (Å²) in [6.45, 7) is 3.94. The van der Waals surface area contributed by atoms with Gasteiger partial charge in [-0.05, 0) is 61.5 Å². The van der Waals surface area contributed by atoms with E-state index in [9.17, 15) is 9.90 Å². The van der Waals surface area contributed by atoms with Crippen molar-refractivity contribution in [3.63, 3.8) is 0 Å². The van der Waals surface area contributed by atoms with Crippen LogP contribution in [0.2, 0.25) is 0 Å². The van der Waals surface area contributed by atoms with Crippen LogP contribution >= 0.6 is 11.8 Å². The first-order valence-corrected chi connectivity index (χ1v) is 8.52. The van der Waals surface area contributed by atoms with Crippen molar-refractivity contribution in [2.24, 2.45) is 4.99 Å². The van der Waals surface area contributed by atoms with Crippen molar-refractivity contribution in [1.82, 2.24) is 4.90 Å². The molecule has 24 heavy (non-hydrogen) atoms. The highest BCUT2D eigenvalue weighted by Gasteiger charge is 2.35. The molecule has 0 atom stereocenters. The number of aliphatic imine (C=N–C) groups is 1. The first-order valence-electron chi connectivity index (χ1n) is 7.70. The second-order valence-corrected chi connectivity index (χ2v) is 6.71. The minimum absolute atomic E-state index is 0.0162. The van der Waals surface area contributed by atoms with E-state index in [0.717, 1.165) is 11.3 Å². The van der Waals surface area contributed by atoms with Crippen molar-refractivity contribution in [1.29, 1.82) is 0 Å². The van der Waals surface area contributed by atoms with Gasteiger partial charge in [-0.3, -0.25) is 9.69 Å². The summed E-state index contributed by atoms with van der Waals surface area (Å²) >= 11 is 1.36. The van der Waals surface area contributed by atoms with Gasteiger partial charge in [0.1, 0.15) is 5.75 Å². The zero-order valence-electron chi connectivity index (χ0n) is 13.5. The normalized spacial score (nSPS) is 18.1. The minimum Gasteiger partial charge on any atom is -0.508 e. The van der Waals surface area contributed by atoms with Gasteiger partial charge in [-0.1, -0.05) is 30.3 Å². The molecule has 2 aromatic rings. The van der Waals surface area contributed by atoms with Gasteiger partial charge in [0.25, 0.3) is 5.91 Å². The Kier molecular flexibility index (Phi) is 4.71. The Morgan fingerprint density at radius 3 is 2.54 bits per heavy atom. The summed E-state index contributed by atoms with van der Waals surface area (Å²) in [4.78, 5) is 19.6. The van der Waals surface area contributed by atoms with Gasteiger partial charge in [0, 0.05) is 6.04 Å². The summed E-state index contributed by atoms with van der Waals surface area (Å²) < 4.78 is 0. The average molecular weight is 338 g/mol. The number of amidine groups is 1. The molecule has 0 spiro atoms. The minimum atomic E-state index is -0.0620. The lowest BCUT2D eigenvalue weighted by molar-refractivity contribution is -0.123. The maximum atomic E-state index is 12.7. The molecule has 122 valence electrons. The van der Waals surface area contributed by atoms with E-state index in [1.807, 2.05) is 50.2 Å². The molecule has 1 heterocycles. The molecule has 1 fully saturated rings. The molecule has 0 unspecified atom stereocenters. The molecule has 0 saturated carbocycles. The third kappa shape index (κ3) is 3.51. The number of para-hydroxylation sites is 1. The molecule has 0 aromatic heterocycles. The number of nitrogens with zero attached hydrogens (tertiary/aromatic N) is 2. The van der Waals surface area contributed by atoms with Gasteiger partial charge >= 0.3 is 0 Å². The molecule has 1 aliphatic rings. The van der Waals surface area contributed by atoms with Crippen LogP contribution in [0.3, 0.4) is 0 Å². The number of hydrogen-bond acceptors (Lipinski definition) is 4. The highest BCUT2D eigenvalue weighted by atomic mass is 32.2. The van der Waals surface area contributed by atoms with E-state index in [-0.39, 0.29) is 17.7 Å². The monoisotopic (exact) mass is 338 g/mol. The Morgan fingerprint density at radius 2 is 1.88 bits per heavy atom. The van der Waals surface area contributed by atoms with Crippen LogP contribution in [0.25, 0.3) is 6.08 Å². The van der Waals surface area contributed by atoms with Crippen LogP contribution < -0.4 is 0 Å². The standard InChI is InChI=1S/C19H18N2O2S/c1-13(2)21-18(23)17(12-14-7-6-10-16(22)11-14)24-19(21)20-15-8-4-3-5-9-15/h3-13,22H,1-2H3. The third-order valence-electron chi connectivity index (χ3n) is 3.50. The molecule has 5 heteroatoms. The largest absolute Gasteiger partial charge is 0.508 e. The van der Waals surface area contributed by atoms with E-state index in [2.05, 4.69) is 4.99 Å². The van der Waals surface area contributed by atoms with Crippen molar-refractivity contribution >= 4 is 34.6 Å². The number of phenolic OH excluding ortho intramolecular Hbond substituents is 1. The van der Waals surface area contributed by atoms with E-state index >= 15 is 0 Å². The van der Waals surface area contributed by atoms with Crippen LogP contribution in [0.15, 0.2) is 64.5 Å². The topological polar surface area (TPSA) is 52.9 Å². The van der Waals surface area contributed by atoms with E-state index in [1.165, 1.54) is 11.8 Å². The first-order chi connectivity index (χ1) is 11.5. The van der Waals surface area contributed by atoms with E-state index in [0.29, 0.717) is 10.1 Å². The lowest BCUT2D eigenvalue weighted by Gasteiger charge is -2.19. The Bertz CT molecular complexity index is 813. The van der Waals surface area contributed by atoms with Gasteiger partial charge in [0.15, 0.2) is 5.17 Å². The summed E-state index contributed by atoms with van der Waals surface area (Å²) in [5, 5.41) is 10.3. The maximum Gasteiger partial charge on any atom is 0.266 e. The maximum absolute atomic E-state index is 12.7. The Hall–Kier alpha value is -2.53. The number of carbonyl (C=O) groups excluding carboxylic acids is 1. The lowest BCUT2D eigenvalue weighted by Crippen LogP contribution is -2.35. The molecule has 0 aliphatic carbocycles. The van der Waals surface area contributed by atoms with Gasteiger partial charge < -0.3 is 5.11 Å². The highest BCUT2D eigenvalue weighted by molar-refractivity contribution is 8.18. The summed E-state index contributed by atoms with van der Waals surface area (Å²) in [6, 6.07) is 16.5. The summed E-state index contributed by atoms with van der Waals surface area (Å²) in [5.41, 5.74) is 1.60. The zero-order valence-corrected chi connectivity index (χ0v) is 14.3. The fraction of sp³-hybridized carbons (Fsp3) is 0.158. The van der Waals surface area contributed by atoms with E-state index in [4.69, 9.17) is 0 Å². The SMILES string of the molecule is CC(C)N1C(=O)C(=Cc2cccc(O)c2)SC1=Nc1ccccc1. The second kappa shape index (κ2) is 6.93. The summed E-state index contributed by atoms with van der Waals surface area (Å²) in [7, 11) is 0. The molecule has 4 nitrogen and oxygen atoms in total. The van der Waals surface area contributed by atoms with Gasteiger partial charge in [-0.25, -0.2) is 4.99 Å². The van der Waals surface area contributed by atoms with Crippen molar-refractivity contribution in [2.75, 3.05) is 0 Å². The predicted molar refractivity (Wildman–Crippen MR) is 99.2 cm³/mol. The number of phenols is 1. The average Bonchev–Trinajstić information content (AvgIpc) is 2.84. The van der Waals surface area contributed by atoms with E-state index < -0.39 is 0 Å². The van der Waals surface area contributed by atoms with Gasteiger partial charge in [-0.2, -0.15) is 0 Å². The number of rotatable bonds is 3. The third-order valence-corrected chi connectivity index (χ3v) is 4.49. The molecule has 0 radical (unpaired) electrons. The number of benzene rings is 2. The molecular weight excluding hydrogens is 320 g/mol. The van der Waals surface area contributed by atoms with Crippen LogP contribution in [0.5, 0.6) is 5.75 Å². The molecule has 1 aliphatic heterocycles. The number of thioether (sulfide) groups is 1. The molecule has 3 rings (SSSR count). The molecule has 0 bridgehead atoms. The predicted octanol–water partition coefficient (Wildman–Crippen LogP) is 4.40. The van der Waals surface area contributed by atoms with Crippen molar-refractivity contribution in [2.45, 2.75) is 19.9 Å². The van der Waals surface area contributed by atoms with Crippen LogP contribution in [0.4, 0.5) is 5.69 Å². The number of carbonyl (C=O) groups is 1. The van der Waals surface area contributed by atoms with Gasteiger partial charge in [0.05, 0.1) is 10.6 Å². The zero-order chi connectivity index (χ0) is 17.1. The van der Waals surface area contributed by atoms with Crippen LogP contribution in [-0.4, -0.2) is 27.1 Å². The van der Waals surface area contributed by atoms with Crippen LogP contribution in [0.1, 0.15) is 19.4 Å². The molecular formula is C19H18N2O2S. The molecule has 1 N–H and O–H groups in total. The Morgan fingerprint density at radius 1 is 1.12 bits per heavy atom. The first kappa shape index (κ1) is 16.3. The van der Waals surface area contributed by atoms with Gasteiger partial charge in [-0.15, -0.1) is 0 Å². The van der Waals surface area contributed by atoms with Crippen molar-refractivity contribution in [3.8, 4) is 5.75 Å². The van der Waals surface area contributed by atoms with E-state index in [1.54, 1.807) is 29.2 Å². The fourth-order valence-electron chi connectivity index (χ4n) is 2.40.